The van der Waals surface area contributed by atoms with Gasteiger partial charge in [-0.1, -0.05) is 59.6 Å². The molecule has 3 aromatic carbocycles. The molecule has 0 bridgehead atoms. The highest BCUT2D eigenvalue weighted by Crippen LogP contribution is 2.33. The lowest BCUT2D eigenvalue weighted by Gasteiger charge is -2.15. The maximum Gasteiger partial charge on any atom is 0.416 e. The SMILES string of the molecule is Cc1ccc(S(=O)(=O)CN=C(NC(=S)Nc2cc(C(F)(F)F)ccc2Cl)c2ccccc2)cc1. The van der Waals surface area contributed by atoms with Crippen LogP contribution in [0.4, 0.5) is 18.9 Å². The topological polar surface area (TPSA) is 70.6 Å². The van der Waals surface area contributed by atoms with E-state index in [1.807, 2.05) is 6.92 Å². The average molecular weight is 526 g/mol. The van der Waals surface area contributed by atoms with Gasteiger partial charge in [0, 0.05) is 5.56 Å². The number of aliphatic imine (C=N–C) groups is 1. The lowest BCUT2D eigenvalue weighted by Crippen LogP contribution is -2.35. The number of benzene rings is 3. The minimum atomic E-state index is -4.56. The van der Waals surface area contributed by atoms with Crippen molar-refractivity contribution in [2.45, 2.75) is 18.0 Å². The Balaban J connectivity index is 1.85. The molecule has 0 atom stereocenters. The zero-order valence-electron chi connectivity index (χ0n) is 17.7. The van der Waals surface area contributed by atoms with Crippen molar-refractivity contribution >= 4 is 50.3 Å². The normalized spacial score (nSPS) is 12.3. The number of halogens is 4. The van der Waals surface area contributed by atoms with Crippen LogP contribution in [0.2, 0.25) is 5.02 Å². The number of rotatable bonds is 5. The minimum Gasteiger partial charge on any atom is -0.331 e. The van der Waals surface area contributed by atoms with Crippen molar-refractivity contribution in [1.82, 2.24) is 5.32 Å². The van der Waals surface area contributed by atoms with E-state index in [1.165, 1.54) is 12.1 Å². The number of nitrogens with zero attached hydrogens (tertiary/aromatic N) is 1. The van der Waals surface area contributed by atoms with Crippen molar-refractivity contribution in [1.29, 1.82) is 0 Å². The van der Waals surface area contributed by atoms with E-state index in [9.17, 15) is 21.6 Å². The molecule has 0 heterocycles. The molecule has 0 aromatic heterocycles. The van der Waals surface area contributed by atoms with Crippen LogP contribution in [0.25, 0.3) is 0 Å². The number of alkyl halides is 3. The van der Waals surface area contributed by atoms with Gasteiger partial charge in [-0.2, -0.15) is 13.2 Å². The zero-order chi connectivity index (χ0) is 24.9. The van der Waals surface area contributed by atoms with Gasteiger partial charge in [0.25, 0.3) is 0 Å². The third-order valence-electron chi connectivity index (χ3n) is 4.59. The van der Waals surface area contributed by atoms with Crippen LogP contribution in [0.5, 0.6) is 0 Å². The molecule has 0 unspecified atom stereocenters. The predicted octanol–water partition coefficient (Wildman–Crippen LogP) is 5.83. The molecule has 2 N–H and O–H groups in total. The van der Waals surface area contributed by atoms with Gasteiger partial charge in [-0.05, 0) is 49.5 Å². The fraction of sp³-hybridized carbons (Fsp3) is 0.130. The summed E-state index contributed by atoms with van der Waals surface area (Å²) < 4.78 is 64.6. The van der Waals surface area contributed by atoms with Crippen LogP contribution in [-0.4, -0.2) is 25.2 Å². The molecule has 0 aliphatic carbocycles. The van der Waals surface area contributed by atoms with E-state index < -0.39 is 27.5 Å². The lowest BCUT2D eigenvalue weighted by molar-refractivity contribution is -0.137. The summed E-state index contributed by atoms with van der Waals surface area (Å²) in [7, 11) is -3.74. The van der Waals surface area contributed by atoms with Gasteiger partial charge in [-0.15, -0.1) is 0 Å². The summed E-state index contributed by atoms with van der Waals surface area (Å²) in [6, 6.07) is 17.7. The Morgan fingerprint density at radius 3 is 2.29 bits per heavy atom. The first kappa shape index (κ1) is 25.7. The van der Waals surface area contributed by atoms with E-state index in [-0.39, 0.29) is 26.6 Å². The van der Waals surface area contributed by atoms with Gasteiger partial charge < -0.3 is 10.6 Å². The molecule has 0 spiro atoms. The highest BCUT2D eigenvalue weighted by atomic mass is 35.5. The first-order valence-electron chi connectivity index (χ1n) is 9.80. The van der Waals surface area contributed by atoms with Crippen LogP contribution in [0.3, 0.4) is 0 Å². The van der Waals surface area contributed by atoms with E-state index in [1.54, 1.807) is 42.5 Å². The summed E-state index contributed by atoms with van der Waals surface area (Å²) in [5.41, 5.74) is 0.483. The summed E-state index contributed by atoms with van der Waals surface area (Å²) >= 11 is 11.2. The van der Waals surface area contributed by atoms with Crippen LogP contribution in [0.1, 0.15) is 16.7 Å². The number of nitrogens with one attached hydrogen (secondary N) is 2. The number of thiocarbonyl (C=S) groups is 1. The molecule has 5 nitrogen and oxygen atoms in total. The number of amidine groups is 1. The van der Waals surface area contributed by atoms with Gasteiger partial charge in [-0.25, -0.2) is 8.42 Å². The minimum absolute atomic E-state index is 0.0253. The summed E-state index contributed by atoms with van der Waals surface area (Å²) in [5, 5.41) is 5.29. The van der Waals surface area contributed by atoms with Crippen LogP contribution >= 0.6 is 23.8 Å². The second-order valence-corrected chi connectivity index (χ2v) is 9.98. The summed E-state index contributed by atoms with van der Waals surface area (Å²) in [4.78, 5) is 4.32. The average Bonchev–Trinajstić information content (AvgIpc) is 2.78. The molecule has 0 saturated carbocycles. The van der Waals surface area contributed by atoms with Crippen LogP contribution in [0.15, 0.2) is 82.7 Å². The standard InChI is InChI=1S/C23H19ClF3N3O2S2/c1-15-7-10-18(11-8-15)34(31,32)14-28-21(16-5-3-2-4-6-16)30-22(33)29-20-13-17(23(25,26)27)9-12-19(20)24/h2-13H,14H2,1H3,(H2,28,29,30,33). The summed E-state index contributed by atoms with van der Waals surface area (Å²) in [6.07, 6.45) is -4.56. The lowest BCUT2D eigenvalue weighted by atomic mass is 10.2. The van der Waals surface area contributed by atoms with Gasteiger partial charge in [0.05, 0.1) is 21.2 Å². The Morgan fingerprint density at radius 2 is 1.68 bits per heavy atom. The van der Waals surface area contributed by atoms with Gasteiger partial charge in [-0.3, -0.25) is 4.99 Å². The van der Waals surface area contributed by atoms with Gasteiger partial charge in [0.1, 0.15) is 11.7 Å². The van der Waals surface area contributed by atoms with Crippen molar-refractivity contribution in [2.24, 2.45) is 4.99 Å². The molecule has 3 rings (SSSR count). The molecule has 0 fully saturated rings. The number of sulfone groups is 1. The van der Waals surface area contributed by atoms with E-state index in [2.05, 4.69) is 15.6 Å². The molecule has 0 aliphatic rings. The molecule has 0 radical (unpaired) electrons. The van der Waals surface area contributed by atoms with Crippen molar-refractivity contribution in [3.63, 3.8) is 0 Å². The molecule has 178 valence electrons. The van der Waals surface area contributed by atoms with Crippen LogP contribution in [0, 0.1) is 6.92 Å². The molecule has 0 saturated heterocycles. The Bertz CT molecular complexity index is 1310. The molecule has 0 amide bonds. The zero-order valence-corrected chi connectivity index (χ0v) is 20.1. The molecular formula is C23H19ClF3N3O2S2. The fourth-order valence-electron chi connectivity index (χ4n) is 2.83. The van der Waals surface area contributed by atoms with E-state index in [0.717, 1.165) is 23.8 Å². The second kappa shape index (κ2) is 10.5. The van der Waals surface area contributed by atoms with Gasteiger partial charge in [0.15, 0.2) is 14.9 Å². The first-order chi connectivity index (χ1) is 16.0. The Morgan fingerprint density at radius 1 is 1.03 bits per heavy atom. The van der Waals surface area contributed by atoms with Crippen molar-refractivity contribution in [3.8, 4) is 0 Å². The van der Waals surface area contributed by atoms with Gasteiger partial charge in [0.2, 0.25) is 0 Å². The maximum atomic E-state index is 13.0. The largest absolute Gasteiger partial charge is 0.416 e. The smallest absolute Gasteiger partial charge is 0.331 e. The second-order valence-electron chi connectivity index (χ2n) is 7.20. The Labute approximate surface area is 205 Å². The molecule has 0 aliphatic heterocycles. The fourth-order valence-corrected chi connectivity index (χ4v) is 4.20. The quantitative estimate of drug-likeness (QED) is 0.249. The molecular weight excluding hydrogens is 507 g/mol. The van der Waals surface area contributed by atoms with Crippen molar-refractivity contribution < 1.29 is 21.6 Å². The number of anilines is 1. The van der Waals surface area contributed by atoms with E-state index in [4.69, 9.17) is 23.8 Å². The highest BCUT2D eigenvalue weighted by Gasteiger charge is 2.31. The maximum absolute atomic E-state index is 13.0. The first-order valence-corrected chi connectivity index (χ1v) is 12.2. The highest BCUT2D eigenvalue weighted by molar-refractivity contribution is 7.91. The third kappa shape index (κ3) is 6.78. The third-order valence-corrected chi connectivity index (χ3v) is 6.59. The van der Waals surface area contributed by atoms with Crippen molar-refractivity contribution in [2.75, 3.05) is 11.2 Å². The van der Waals surface area contributed by atoms with Crippen LogP contribution < -0.4 is 10.6 Å². The van der Waals surface area contributed by atoms with Crippen LogP contribution in [-0.2, 0) is 16.0 Å². The number of hydrogen-bond acceptors (Lipinski definition) is 4. The van der Waals surface area contributed by atoms with Gasteiger partial charge >= 0.3 is 6.18 Å². The van der Waals surface area contributed by atoms with E-state index in [0.29, 0.717) is 5.56 Å². The number of hydrogen-bond donors (Lipinski definition) is 2. The molecule has 34 heavy (non-hydrogen) atoms. The molecule has 3 aromatic rings. The Kier molecular flexibility index (Phi) is 7.96. The predicted molar refractivity (Wildman–Crippen MR) is 132 cm³/mol. The van der Waals surface area contributed by atoms with Crippen molar-refractivity contribution in [3.05, 3.63) is 94.5 Å². The molecule has 11 heteroatoms. The number of aryl methyl sites for hydroxylation is 1. The Hall–Kier alpha value is -2.95. The monoisotopic (exact) mass is 525 g/mol. The summed E-state index contributed by atoms with van der Waals surface area (Å²) in [5.74, 6) is -0.447. The van der Waals surface area contributed by atoms with E-state index >= 15 is 0 Å². The summed E-state index contributed by atoms with van der Waals surface area (Å²) in [6.45, 7) is 1.84.